The average molecular weight is 436 g/mol. The number of H-pyrrole nitrogens is 1. The summed E-state index contributed by atoms with van der Waals surface area (Å²) in [6, 6.07) is 17.6. The second-order valence-electron chi connectivity index (χ2n) is 7.71. The van der Waals surface area contributed by atoms with E-state index in [2.05, 4.69) is 15.0 Å². The monoisotopic (exact) mass is 436 g/mol. The van der Waals surface area contributed by atoms with Crippen molar-refractivity contribution in [3.05, 3.63) is 83.7 Å². The van der Waals surface area contributed by atoms with Crippen LogP contribution < -0.4 is 10.5 Å². The van der Waals surface area contributed by atoms with E-state index >= 15 is 0 Å². The van der Waals surface area contributed by atoms with Gasteiger partial charge in [-0.2, -0.15) is 13.2 Å². The largest absolute Gasteiger partial charge is 0.487 e. The van der Waals surface area contributed by atoms with Crippen molar-refractivity contribution >= 4 is 16.9 Å². The predicted molar refractivity (Wildman–Crippen MR) is 117 cm³/mol. The molecule has 32 heavy (non-hydrogen) atoms. The fraction of sp³-hybridized carbons (Fsp3) is 0.167. The van der Waals surface area contributed by atoms with Crippen molar-refractivity contribution in [3.8, 4) is 16.9 Å². The van der Waals surface area contributed by atoms with Crippen LogP contribution in [0.1, 0.15) is 29.9 Å². The maximum atomic E-state index is 12.9. The zero-order valence-corrected chi connectivity index (χ0v) is 17.0. The number of hydrogen-bond acceptors (Lipinski definition) is 4. The first kappa shape index (κ1) is 20.1. The van der Waals surface area contributed by atoms with Crippen LogP contribution in [0.5, 0.6) is 5.75 Å². The lowest BCUT2D eigenvalue weighted by Crippen LogP contribution is -2.21. The lowest BCUT2D eigenvalue weighted by molar-refractivity contribution is -0.137. The van der Waals surface area contributed by atoms with Crippen molar-refractivity contribution in [2.45, 2.75) is 25.2 Å². The highest BCUT2D eigenvalue weighted by atomic mass is 19.4. The summed E-state index contributed by atoms with van der Waals surface area (Å²) < 4.78 is 44.7. The molecular formula is C24H19F3N4O. The predicted octanol–water partition coefficient (Wildman–Crippen LogP) is 5.48. The number of aromatic amines is 1. The molecule has 0 amide bonds. The molecule has 0 bridgehead atoms. The summed E-state index contributed by atoms with van der Waals surface area (Å²) in [7, 11) is 0. The van der Waals surface area contributed by atoms with Gasteiger partial charge in [0.1, 0.15) is 29.6 Å². The number of para-hydroxylation sites is 2. The molecule has 5 nitrogen and oxygen atoms in total. The van der Waals surface area contributed by atoms with Crippen molar-refractivity contribution in [2.24, 2.45) is 10.7 Å². The normalized spacial score (nSPS) is 18.6. The number of fused-ring (bicyclic) bond motifs is 2. The fourth-order valence-electron chi connectivity index (χ4n) is 3.85. The van der Waals surface area contributed by atoms with Gasteiger partial charge in [-0.25, -0.2) is 4.98 Å². The zero-order valence-electron chi connectivity index (χ0n) is 17.0. The number of rotatable bonds is 2. The van der Waals surface area contributed by atoms with Gasteiger partial charge in [0.05, 0.1) is 22.2 Å². The van der Waals surface area contributed by atoms with Crippen molar-refractivity contribution in [1.82, 2.24) is 9.97 Å². The van der Waals surface area contributed by atoms with Crippen LogP contribution in [0.15, 0.2) is 71.7 Å². The first-order chi connectivity index (χ1) is 15.3. The molecule has 0 aliphatic carbocycles. The summed E-state index contributed by atoms with van der Waals surface area (Å²) in [5, 5.41) is 0. The molecule has 5 rings (SSSR count). The Hall–Kier alpha value is -3.81. The van der Waals surface area contributed by atoms with Crippen LogP contribution in [0.2, 0.25) is 0 Å². The van der Waals surface area contributed by atoms with Crippen LogP contribution in [0, 0.1) is 0 Å². The first-order valence-corrected chi connectivity index (χ1v) is 10.1. The lowest BCUT2D eigenvalue weighted by Gasteiger charge is -2.18. The van der Waals surface area contributed by atoms with Crippen molar-refractivity contribution in [2.75, 3.05) is 0 Å². The summed E-state index contributed by atoms with van der Waals surface area (Å²) in [5.41, 5.74) is 9.32. The molecule has 2 heterocycles. The number of amidine groups is 1. The van der Waals surface area contributed by atoms with Gasteiger partial charge in [0.15, 0.2) is 0 Å². The molecule has 4 aromatic rings. The van der Waals surface area contributed by atoms with E-state index in [-0.39, 0.29) is 11.9 Å². The Labute approximate surface area is 181 Å². The summed E-state index contributed by atoms with van der Waals surface area (Å²) in [5.74, 6) is 1.49. The molecule has 0 saturated heterocycles. The highest BCUT2D eigenvalue weighted by Crippen LogP contribution is 2.35. The maximum absolute atomic E-state index is 12.9. The zero-order chi connectivity index (χ0) is 22.5. The quantitative estimate of drug-likeness (QED) is 0.437. The van der Waals surface area contributed by atoms with Crippen LogP contribution in [0.25, 0.3) is 22.2 Å². The Balaban J connectivity index is 1.51. The highest BCUT2D eigenvalue weighted by molar-refractivity contribution is 6.01. The molecule has 3 N–H and O–H groups in total. The number of alkyl halides is 3. The minimum Gasteiger partial charge on any atom is -0.487 e. The molecule has 0 spiro atoms. The Morgan fingerprint density at radius 3 is 2.41 bits per heavy atom. The molecule has 0 saturated carbocycles. The third-order valence-electron chi connectivity index (χ3n) is 5.52. The molecule has 1 aliphatic heterocycles. The number of nitrogens with one attached hydrogen (secondary N) is 1. The number of aliphatic imine (C=N–C) groups is 1. The SMILES string of the molecule is CC1Oc2ccc(-c3ccc(C(F)(F)F)cc3)cc2C(N)=NC1c1nc2ccccc2[nH]1. The fourth-order valence-corrected chi connectivity index (χ4v) is 3.85. The van der Waals surface area contributed by atoms with Crippen LogP contribution >= 0.6 is 0 Å². The lowest BCUT2D eigenvalue weighted by atomic mass is 10.0. The number of hydrogen-bond donors (Lipinski definition) is 2. The first-order valence-electron chi connectivity index (χ1n) is 10.1. The van der Waals surface area contributed by atoms with E-state index in [9.17, 15) is 13.2 Å². The van der Waals surface area contributed by atoms with E-state index in [1.807, 2.05) is 31.2 Å². The van der Waals surface area contributed by atoms with Gasteiger partial charge in [-0.1, -0.05) is 30.3 Å². The molecule has 2 atom stereocenters. The van der Waals surface area contributed by atoms with Gasteiger partial charge in [0.25, 0.3) is 0 Å². The Bertz CT molecular complexity index is 1290. The molecule has 2 unspecified atom stereocenters. The third-order valence-corrected chi connectivity index (χ3v) is 5.52. The van der Waals surface area contributed by atoms with E-state index in [1.165, 1.54) is 12.1 Å². The average Bonchev–Trinajstić information content (AvgIpc) is 3.15. The van der Waals surface area contributed by atoms with E-state index in [0.717, 1.165) is 23.2 Å². The van der Waals surface area contributed by atoms with Gasteiger partial charge < -0.3 is 15.5 Å². The Morgan fingerprint density at radius 1 is 0.969 bits per heavy atom. The maximum Gasteiger partial charge on any atom is 0.416 e. The summed E-state index contributed by atoms with van der Waals surface area (Å²) in [6.07, 6.45) is -4.72. The summed E-state index contributed by atoms with van der Waals surface area (Å²) in [6.45, 7) is 1.90. The van der Waals surface area contributed by atoms with Gasteiger partial charge in [0, 0.05) is 0 Å². The number of imidazole rings is 1. The second kappa shape index (κ2) is 7.40. The summed E-state index contributed by atoms with van der Waals surface area (Å²) in [4.78, 5) is 12.6. The molecule has 0 fully saturated rings. The minimum absolute atomic E-state index is 0.281. The standard InChI is InChI=1S/C24H19F3N4O/c1-13-21(23-29-18-4-2-3-5-19(18)30-23)31-22(28)17-12-15(8-11-20(17)32-13)14-6-9-16(10-7-14)24(25,26)27/h2-13,21H,1H3,(H2,28,31)(H,29,30). The van der Waals surface area contributed by atoms with Gasteiger partial charge in [0.2, 0.25) is 0 Å². The number of nitrogens with two attached hydrogens (primary N) is 1. The van der Waals surface area contributed by atoms with Crippen LogP contribution in [-0.2, 0) is 6.18 Å². The van der Waals surface area contributed by atoms with Crippen molar-refractivity contribution < 1.29 is 17.9 Å². The highest BCUT2D eigenvalue weighted by Gasteiger charge is 2.31. The number of nitrogens with zero attached hydrogens (tertiary/aromatic N) is 2. The number of ether oxygens (including phenoxy) is 1. The minimum atomic E-state index is -4.38. The number of aromatic nitrogens is 2. The molecule has 3 aromatic carbocycles. The molecule has 1 aromatic heterocycles. The molecule has 1 aliphatic rings. The van der Waals surface area contributed by atoms with Gasteiger partial charge in [-0.15, -0.1) is 0 Å². The molecule has 0 radical (unpaired) electrons. The second-order valence-corrected chi connectivity index (χ2v) is 7.71. The van der Waals surface area contributed by atoms with Crippen LogP contribution in [-0.4, -0.2) is 21.9 Å². The Kier molecular flexibility index (Phi) is 4.65. The van der Waals surface area contributed by atoms with E-state index in [0.29, 0.717) is 28.3 Å². The van der Waals surface area contributed by atoms with Gasteiger partial charge in [-0.05, 0) is 54.4 Å². The number of halogens is 3. The van der Waals surface area contributed by atoms with E-state index < -0.39 is 17.8 Å². The van der Waals surface area contributed by atoms with Crippen molar-refractivity contribution in [3.63, 3.8) is 0 Å². The van der Waals surface area contributed by atoms with Crippen molar-refractivity contribution in [1.29, 1.82) is 0 Å². The Morgan fingerprint density at radius 2 is 1.69 bits per heavy atom. The number of benzene rings is 3. The smallest absolute Gasteiger partial charge is 0.416 e. The topological polar surface area (TPSA) is 76.3 Å². The van der Waals surface area contributed by atoms with E-state index in [1.54, 1.807) is 18.2 Å². The molecule has 8 heteroatoms. The van der Waals surface area contributed by atoms with Crippen LogP contribution in [0.4, 0.5) is 13.2 Å². The van der Waals surface area contributed by atoms with E-state index in [4.69, 9.17) is 10.5 Å². The third kappa shape index (κ3) is 3.57. The van der Waals surface area contributed by atoms with Gasteiger partial charge >= 0.3 is 6.18 Å². The summed E-state index contributed by atoms with van der Waals surface area (Å²) >= 11 is 0. The molecular weight excluding hydrogens is 417 g/mol. The molecule has 162 valence electrons. The van der Waals surface area contributed by atoms with Crippen LogP contribution in [0.3, 0.4) is 0 Å². The van der Waals surface area contributed by atoms with Gasteiger partial charge in [-0.3, -0.25) is 4.99 Å².